The molecule has 2 aromatic heterocycles. The third-order valence-electron chi connectivity index (χ3n) is 3.17. The number of benzene rings is 1. The van der Waals surface area contributed by atoms with Gasteiger partial charge in [0.1, 0.15) is 5.69 Å². The maximum absolute atomic E-state index is 5.66. The molecule has 0 amide bonds. The van der Waals surface area contributed by atoms with E-state index in [1.807, 2.05) is 36.6 Å². The van der Waals surface area contributed by atoms with Gasteiger partial charge in [0.25, 0.3) is 0 Å². The SMILES string of the molecule is CCOc1nc2cc(OC)c(OC)cc2nc1-c1cccs1. The van der Waals surface area contributed by atoms with Gasteiger partial charge in [0.15, 0.2) is 11.5 Å². The van der Waals surface area contributed by atoms with Crippen LogP contribution in [0.2, 0.25) is 0 Å². The van der Waals surface area contributed by atoms with Crippen molar-refractivity contribution < 1.29 is 14.2 Å². The third kappa shape index (κ3) is 2.57. The summed E-state index contributed by atoms with van der Waals surface area (Å²) in [7, 11) is 3.20. The van der Waals surface area contributed by atoms with E-state index in [1.54, 1.807) is 25.6 Å². The van der Waals surface area contributed by atoms with E-state index in [0.29, 0.717) is 29.5 Å². The molecule has 0 N–H and O–H groups in total. The summed E-state index contributed by atoms with van der Waals surface area (Å²) in [5.74, 6) is 1.78. The number of hydrogen-bond donors (Lipinski definition) is 0. The van der Waals surface area contributed by atoms with Crippen molar-refractivity contribution in [1.82, 2.24) is 9.97 Å². The lowest BCUT2D eigenvalue weighted by Gasteiger charge is -2.11. The van der Waals surface area contributed by atoms with Gasteiger partial charge in [0.05, 0.1) is 36.7 Å². The number of nitrogens with zero attached hydrogens (tertiary/aromatic N) is 2. The molecule has 0 saturated heterocycles. The summed E-state index contributed by atoms with van der Waals surface area (Å²) < 4.78 is 16.3. The molecule has 0 atom stereocenters. The van der Waals surface area contributed by atoms with Gasteiger partial charge in [-0.25, -0.2) is 9.97 Å². The molecule has 0 aliphatic rings. The van der Waals surface area contributed by atoms with Gasteiger partial charge in [-0.3, -0.25) is 0 Å². The molecule has 0 fully saturated rings. The predicted molar refractivity (Wildman–Crippen MR) is 87.1 cm³/mol. The Morgan fingerprint density at radius 1 is 1.05 bits per heavy atom. The largest absolute Gasteiger partial charge is 0.493 e. The molecule has 1 aromatic carbocycles. The number of hydrogen-bond acceptors (Lipinski definition) is 6. The summed E-state index contributed by atoms with van der Waals surface area (Å²) >= 11 is 1.60. The van der Waals surface area contributed by atoms with Crippen LogP contribution < -0.4 is 14.2 Å². The van der Waals surface area contributed by atoms with Crippen LogP contribution in [0, 0.1) is 0 Å². The first-order valence-electron chi connectivity index (χ1n) is 6.87. The van der Waals surface area contributed by atoms with Gasteiger partial charge in [-0.05, 0) is 18.4 Å². The fourth-order valence-electron chi connectivity index (χ4n) is 2.18. The maximum atomic E-state index is 5.66. The van der Waals surface area contributed by atoms with Crippen LogP contribution in [0.4, 0.5) is 0 Å². The number of thiophene rings is 1. The van der Waals surface area contributed by atoms with Gasteiger partial charge in [-0.1, -0.05) is 6.07 Å². The summed E-state index contributed by atoms with van der Waals surface area (Å²) in [6, 6.07) is 7.62. The summed E-state index contributed by atoms with van der Waals surface area (Å²) in [6.07, 6.45) is 0. The van der Waals surface area contributed by atoms with E-state index in [9.17, 15) is 0 Å². The highest BCUT2D eigenvalue weighted by atomic mass is 32.1. The molecule has 0 aliphatic heterocycles. The van der Waals surface area contributed by atoms with E-state index in [1.165, 1.54) is 0 Å². The van der Waals surface area contributed by atoms with Gasteiger partial charge in [0.2, 0.25) is 5.88 Å². The van der Waals surface area contributed by atoms with Crippen molar-refractivity contribution in [3.63, 3.8) is 0 Å². The molecule has 3 aromatic rings. The number of ether oxygens (including phenoxy) is 3. The second kappa shape index (κ2) is 6.19. The van der Waals surface area contributed by atoms with Crippen LogP contribution in [-0.2, 0) is 0 Å². The normalized spacial score (nSPS) is 10.7. The highest BCUT2D eigenvalue weighted by Gasteiger charge is 2.15. The molecule has 0 aliphatic carbocycles. The molecule has 0 radical (unpaired) electrons. The van der Waals surface area contributed by atoms with Gasteiger partial charge < -0.3 is 14.2 Å². The minimum atomic E-state index is 0.532. The topological polar surface area (TPSA) is 53.5 Å². The van der Waals surface area contributed by atoms with Crippen molar-refractivity contribution in [3.05, 3.63) is 29.6 Å². The minimum Gasteiger partial charge on any atom is -0.493 e. The van der Waals surface area contributed by atoms with Gasteiger partial charge in [-0.15, -0.1) is 11.3 Å². The number of rotatable bonds is 5. The molecule has 2 heterocycles. The predicted octanol–water partition coefficient (Wildman–Crippen LogP) is 3.77. The van der Waals surface area contributed by atoms with Gasteiger partial charge >= 0.3 is 0 Å². The first kappa shape index (κ1) is 14.6. The average molecular weight is 316 g/mol. The Morgan fingerprint density at radius 3 is 2.27 bits per heavy atom. The maximum Gasteiger partial charge on any atom is 0.242 e. The number of fused-ring (bicyclic) bond motifs is 1. The molecular weight excluding hydrogens is 300 g/mol. The van der Waals surface area contributed by atoms with Gasteiger partial charge in [0, 0.05) is 12.1 Å². The highest BCUT2D eigenvalue weighted by molar-refractivity contribution is 7.13. The zero-order valence-corrected chi connectivity index (χ0v) is 13.4. The summed E-state index contributed by atoms with van der Waals surface area (Å²) in [6.45, 7) is 2.46. The molecule has 5 nitrogen and oxygen atoms in total. The summed E-state index contributed by atoms with van der Waals surface area (Å²) in [5, 5.41) is 2.01. The smallest absolute Gasteiger partial charge is 0.242 e. The molecule has 0 spiro atoms. The Hall–Kier alpha value is -2.34. The first-order chi connectivity index (χ1) is 10.8. The first-order valence-corrected chi connectivity index (χ1v) is 7.75. The zero-order chi connectivity index (χ0) is 15.5. The van der Waals surface area contributed by atoms with Crippen LogP contribution in [0.25, 0.3) is 21.6 Å². The van der Waals surface area contributed by atoms with Crippen molar-refractivity contribution in [2.45, 2.75) is 6.92 Å². The second-order valence-electron chi connectivity index (χ2n) is 4.48. The molecule has 6 heteroatoms. The molecule has 22 heavy (non-hydrogen) atoms. The number of aromatic nitrogens is 2. The standard InChI is InChI=1S/C16H16N2O3S/c1-4-21-16-15(14-6-5-7-22-14)17-10-8-12(19-2)13(20-3)9-11(10)18-16/h5-9H,4H2,1-3H3. The van der Waals surface area contributed by atoms with Crippen molar-refractivity contribution in [3.8, 4) is 28.0 Å². The van der Waals surface area contributed by atoms with Crippen LogP contribution in [0.1, 0.15) is 6.92 Å². The van der Waals surface area contributed by atoms with E-state index in [0.717, 1.165) is 16.1 Å². The lowest BCUT2D eigenvalue weighted by atomic mass is 10.2. The van der Waals surface area contributed by atoms with Crippen LogP contribution in [0.3, 0.4) is 0 Å². The molecule has 3 rings (SSSR count). The monoisotopic (exact) mass is 316 g/mol. The van der Waals surface area contributed by atoms with Crippen molar-refractivity contribution in [2.75, 3.05) is 20.8 Å². The lowest BCUT2D eigenvalue weighted by molar-refractivity contribution is 0.328. The van der Waals surface area contributed by atoms with Crippen LogP contribution in [-0.4, -0.2) is 30.8 Å². The molecule has 0 saturated carbocycles. The summed E-state index contributed by atoms with van der Waals surface area (Å²) in [5.41, 5.74) is 2.20. The average Bonchev–Trinajstić information content (AvgIpc) is 3.07. The Labute approximate surface area is 132 Å². The fraction of sp³-hybridized carbons (Fsp3) is 0.250. The van der Waals surface area contributed by atoms with Gasteiger partial charge in [-0.2, -0.15) is 0 Å². The third-order valence-corrected chi connectivity index (χ3v) is 4.05. The van der Waals surface area contributed by atoms with E-state index < -0.39 is 0 Å². The minimum absolute atomic E-state index is 0.532. The molecule has 114 valence electrons. The highest BCUT2D eigenvalue weighted by Crippen LogP contribution is 2.36. The van der Waals surface area contributed by atoms with Crippen LogP contribution in [0.5, 0.6) is 17.4 Å². The molecule has 0 unspecified atom stereocenters. The Bertz CT molecular complexity index is 788. The number of methoxy groups -OCH3 is 2. The van der Waals surface area contributed by atoms with E-state index >= 15 is 0 Å². The Balaban J connectivity index is 2.24. The van der Waals surface area contributed by atoms with Crippen molar-refractivity contribution in [2.24, 2.45) is 0 Å². The molecular formula is C16H16N2O3S. The fourth-order valence-corrected chi connectivity index (χ4v) is 2.88. The summed E-state index contributed by atoms with van der Waals surface area (Å²) in [4.78, 5) is 10.3. The molecule has 0 bridgehead atoms. The van der Waals surface area contributed by atoms with Crippen molar-refractivity contribution in [1.29, 1.82) is 0 Å². The van der Waals surface area contributed by atoms with E-state index in [4.69, 9.17) is 19.2 Å². The Morgan fingerprint density at radius 2 is 1.73 bits per heavy atom. The quantitative estimate of drug-likeness (QED) is 0.717. The van der Waals surface area contributed by atoms with Crippen LogP contribution in [0.15, 0.2) is 29.6 Å². The second-order valence-corrected chi connectivity index (χ2v) is 5.43. The zero-order valence-electron chi connectivity index (χ0n) is 12.6. The van der Waals surface area contributed by atoms with Crippen LogP contribution >= 0.6 is 11.3 Å². The Kier molecular flexibility index (Phi) is 4.11. The lowest BCUT2D eigenvalue weighted by Crippen LogP contribution is -2.00. The van der Waals surface area contributed by atoms with E-state index in [2.05, 4.69) is 4.98 Å². The van der Waals surface area contributed by atoms with Crippen molar-refractivity contribution >= 4 is 22.4 Å². The van der Waals surface area contributed by atoms with E-state index in [-0.39, 0.29) is 0 Å².